The zero-order chi connectivity index (χ0) is 20.4. The lowest BCUT2D eigenvalue weighted by molar-refractivity contribution is 0.0730. The Bertz CT molecular complexity index is 1130. The van der Waals surface area contributed by atoms with Crippen molar-refractivity contribution in [1.82, 2.24) is 19.0 Å². The summed E-state index contributed by atoms with van der Waals surface area (Å²) in [6.07, 6.45) is 1.71. The van der Waals surface area contributed by atoms with Crippen LogP contribution in [0.3, 0.4) is 0 Å². The van der Waals surface area contributed by atoms with Crippen LogP contribution in [-0.4, -0.2) is 54.3 Å². The first-order chi connectivity index (χ1) is 13.9. The summed E-state index contributed by atoms with van der Waals surface area (Å²) in [6.45, 7) is 3.77. The zero-order valence-corrected chi connectivity index (χ0v) is 16.9. The van der Waals surface area contributed by atoms with Crippen molar-refractivity contribution in [2.45, 2.75) is 18.4 Å². The Hall–Kier alpha value is -2.75. The Kier molecular flexibility index (Phi) is 5.35. The maximum absolute atomic E-state index is 12.7. The number of imidazole rings is 1. The SMILES string of the molecule is Cc1cccc2nc(C(=O)NCc3ccc(S(=O)(=O)N4CCOCC4)cc3)cn12. The number of pyridine rings is 1. The Morgan fingerprint density at radius 2 is 1.86 bits per heavy atom. The maximum Gasteiger partial charge on any atom is 0.271 e. The van der Waals surface area contributed by atoms with Crippen LogP contribution in [0.15, 0.2) is 53.6 Å². The molecule has 1 aliphatic heterocycles. The number of nitrogens with zero attached hydrogens (tertiary/aromatic N) is 3. The summed E-state index contributed by atoms with van der Waals surface area (Å²) < 4.78 is 33.8. The molecule has 0 spiro atoms. The highest BCUT2D eigenvalue weighted by atomic mass is 32.2. The third-order valence-corrected chi connectivity index (χ3v) is 6.83. The van der Waals surface area contributed by atoms with Gasteiger partial charge in [-0.3, -0.25) is 4.79 Å². The normalized spacial score (nSPS) is 15.5. The van der Waals surface area contributed by atoms with Crippen LogP contribution in [0.2, 0.25) is 0 Å². The summed E-state index contributed by atoms with van der Waals surface area (Å²) in [5.41, 5.74) is 2.85. The first-order valence-corrected chi connectivity index (χ1v) is 10.8. The molecule has 1 aliphatic rings. The number of aromatic nitrogens is 2. The molecule has 0 unspecified atom stereocenters. The average Bonchev–Trinajstić information content (AvgIpc) is 3.19. The summed E-state index contributed by atoms with van der Waals surface area (Å²) in [7, 11) is -3.52. The van der Waals surface area contributed by atoms with E-state index in [0.29, 0.717) is 37.6 Å². The molecule has 0 atom stereocenters. The van der Waals surface area contributed by atoms with Crippen molar-refractivity contribution in [2.24, 2.45) is 0 Å². The largest absolute Gasteiger partial charge is 0.379 e. The van der Waals surface area contributed by atoms with Crippen LogP contribution in [-0.2, 0) is 21.3 Å². The van der Waals surface area contributed by atoms with Crippen LogP contribution in [0.25, 0.3) is 5.65 Å². The minimum absolute atomic E-state index is 0.241. The smallest absolute Gasteiger partial charge is 0.271 e. The monoisotopic (exact) mass is 414 g/mol. The number of sulfonamides is 1. The van der Waals surface area contributed by atoms with Crippen LogP contribution >= 0.6 is 0 Å². The van der Waals surface area contributed by atoms with E-state index in [1.54, 1.807) is 30.5 Å². The Balaban J connectivity index is 1.42. The fraction of sp³-hybridized carbons (Fsp3) is 0.300. The Labute approximate surface area is 169 Å². The van der Waals surface area contributed by atoms with Crippen molar-refractivity contribution >= 4 is 21.6 Å². The summed E-state index contributed by atoms with van der Waals surface area (Å²) >= 11 is 0. The molecule has 1 aromatic carbocycles. The van der Waals surface area contributed by atoms with E-state index in [-0.39, 0.29) is 17.3 Å². The second kappa shape index (κ2) is 7.94. The molecule has 0 bridgehead atoms. The lowest BCUT2D eigenvalue weighted by Gasteiger charge is -2.26. The summed E-state index contributed by atoms with van der Waals surface area (Å²) in [5.74, 6) is -0.280. The molecule has 1 amide bonds. The van der Waals surface area contributed by atoms with Crippen LogP contribution in [0.4, 0.5) is 0 Å². The summed E-state index contributed by atoms with van der Waals surface area (Å²) in [5, 5.41) is 2.83. The number of aryl methyl sites for hydroxylation is 1. The van der Waals surface area contributed by atoms with Gasteiger partial charge in [-0.15, -0.1) is 0 Å². The fourth-order valence-corrected chi connectivity index (χ4v) is 4.65. The van der Waals surface area contributed by atoms with E-state index in [1.165, 1.54) is 4.31 Å². The van der Waals surface area contributed by atoms with E-state index in [2.05, 4.69) is 10.3 Å². The molecular weight excluding hydrogens is 392 g/mol. The topological polar surface area (TPSA) is 93.0 Å². The van der Waals surface area contributed by atoms with Gasteiger partial charge >= 0.3 is 0 Å². The number of carbonyl (C=O) groups excluding carboxylic acids is 1. The van der Waals surface area contributed by atoms with E-state index in [0.717, 1.165) is 11.3 Å². The molecule has 0 saturated carbocycles. The van der Waals surface area contributed by atoms with Crippen molar-refractivity contribution in [2.75, 3.05) is 26.3 Å². The van der Waals surface area contributed by atoms with Gasteiger partial charge in [0.15, 0.2) is 0 Å². The molecule has 8 nitrogen and oxygen atoms in total. The lowest BCUT2D eigenvalue weighted by atomic mass is 10.2. The van der Waals surface area contributed by atoms with Gasteiger partial charge in [-0.25, -0.2) is 13.4 Å². The first-order valence-electron chi connectivity index (χ1n) is 9.35. The standard InChI is InChI=1S/C20H22N4O4S/c1-15-3-2-4-19-22-18(14-24(15)19)20(25)21-13-16-5-7-17(8-6-16)29(26,27)23-9-11-28-12-10-23/h2-8,14H,9-13H2,1H3,(H,21,25). The number of amides is 1. The van der Waals surface area contributed by atoms with Gasteiger partial charge in [0.1, 0.15) is 11.3 Å². The van der Waals surface area contributed by atoms with Crippen molar-refractivity contribution in [1.29, 1.82) is 0 Å². The predicted molar refractivity (Wildman–Crippen MR) is 107 cm³/mol. The molecule has 2 aromatic heterocycles. The van der Waals surface area contributed by atoms with E-state index in [4.69, 9.17) is 4.74 Å². The van der Waals surface area contributed by atoms with Gasteiger partial charge in [-0.2, -0.15) is 4.31 Å². The molecule has 1 fully saturated rings. The molecular formula is C20H22N4O4S. The zero-order valence-electron chi connectivity index (χ0n) is 16.0. The number of morpholine rings is 1. The number of benzene rings is 1. The van der Waals surface area contributed by atoms with Gasteiger partial charge in [0.05, 0.1) is 18.1 Å². The lowest BCUT2D eigenvalue weighted by Crippen LogP contribution is -2.40. The van der Waals surface area contributed by atoms with Gasteiger partial charge < -0.3 is 14.5 Å². The summed E-state index contributed by atoms with van der Waals surface area (Å²) in [4.78, 5) is 17.0. The highest BCUT2D eigenvalue weighted by Crippen LogP contribution is 2.18. The summed E-state index contributed by atoms with van der Waals surface area (Å²) in [6, 6.07) is 12.2. The number of hydrogen-bond acceptors (Lipinski definition) is 5. The second-order valence-corrected chi connectivity index (χ2v) is 8.80. The average molecular weight is 414 g/mol. The van der Waals surface area contributed by atoms with Crippen LogP contribution in [0, 0.1) is 6.92 Å². The number of rotatable bonds is 5. The third kappa shape index (κ3) is 4.02. The van der Waals surface area contributed by atoms with Crippen molar-refractivity contribution < 1.29 is 17.9 Å². The number of hydrogen-bond donors (Lipinski definition) is 1. The predicted octanol–water partition coefficient (Wildman–Crippen LogP) is 1.59. The van der Waals surface area contributed by atoms with E-state index in [1.807, 2.05) is 29.5 Å². The van der Waals surface area contributed by atoms with Gasteiger partial charge in [0, 0.05) is 31.5 Å². The quantitative estimate of drug-likeness (QED) is 0.685. The third-order valence-electron chi connectivity index (χ3n) is 4.91. The minimum atomic E-state index is -3.52. The van der Waals surface area contributed by atoms with Crippen LogP contribution in [0.1, 0.15) is 21.7 Å². The van der Waals surface area contributed by atoms with E-state index in [9.17, 15) is 13.2 Å². The van der Waals surface area contributed by atoms with Crippen molar-refractivity contribution in [3.63, 3.8) is 0 Å². The van der Waals surface area contributed by atoms with Crippen LogP contribution < -0.4 is 5.32 Å². The minimum Gasteiger partial charge on any atom is -0.379 e. The molecule has 3 heterocycles. The highest BCUT2D eigenvalue weighted by molar-refractivity contribution is 7.89. The van der Waals surface area contributed by atoms with E-state index < -0.39 is 10.0 Å². The van der Waals surface area contributed by atoms with Crippen molar-refractivity contribution in [3.05, 3.63) is 65.6 Å². The number of carbonyl (C=O) groups is 1. The number of fused-ring (bicyclic) bond motifs is 1. The molecule has 1 saturated heterocycles. The Morgan fingerprint density at radius 3 is 2.55 bits per heavy atom. The maximum atomic E-state index is 12.7. The van der Waals surface area contributed by atoms with E-state index >= 15 is 0 Å². The number of ether oxygens (including phenoxy) is 1. The molecule has 29 heavy (non-hydrogen) atoms. The Morgan fingerprint density at radius 1 is 1.14 bits per heavy atom. The molecule has 152 valence electrons. The molecule has 0 radical (unpaired) electrons. The molecule has 4 rings (SSSR count). The molecule has 0 aliphatic carbocycles. The second-order valence-electron chi connectivity index (χ2n) is 6.86. The van der Waals surface area contributed by atoms with Gasteiger partial charge in [-0.1, -0.05) is 18.2 Å². The molecule has 3 aromatic rings. The highest BCUT2D eigenvalue weighted by Gasteiger charge is 2.26. The van der Waals surface area contributed by atoms with Gasteiger partial charge in [-0.05, 0) is 36.8 Å². The fourth-order valence-electron chi connectivity index (χ4n) is 3.25. The molecule has 1 N–H and O–H groups in total. The first kappa shape index (κ1) is 19.6. The van der Waals surface area contributed by atoms with Crippen LogP contribution in [0.5, 0.6) is 0 Å². The molecule has 9 heteroatoms. The van der Waals surface area contributed by atoms with Crippen molar-refractivity contribution in [3.8, 4) is 0 Å². The number of nitrogens with one attached hydrogen (secondary N) is 1. The van der Waals surface area contributed by atoms with Gasteiger partial charge in [0.2, 0.25) is 10.0 Å². The van der Waals surface area contributed by atoms with Gasteiger partial charge in [0.25, 0.3) is 5.91 Å².